The second-order valence-electron chi connectivity index (χ2n) is 4.95. The number of hydrogen-bond acceptors (Lipinski definition) is 3. The Bertz CT molecular complexity index is 584. The van der Waals surface area contributed by atoms with E-state index >= 15 is 0 Å². The summed E-state index contributed by atoms with van der Waals surface area (Å²) in [6.45, 7) is 2.63. The molecular weight excluding hydrogens is 269 g/mol. The van der Waals surface area contributed by atoms with Crippen molar-refractivity contribution in [2.75, 3.05) is 13.7 Å². The summed E-state index contributed by atoms with van der Waals surface area (Å²) in [6, 6.07) is 11.8. The normalized spacial score (nSPS) is 12.1. The number of aromatic hydroxyl groups is 1. The molecule has 0 spiro atoms. The Morgan fingerprint density at radius 3 is 2.57 bits per heavy atom. The molecule has 0 bridgehead atoms. The van der Waals surface area contributed by atoms with Crippen molar-refractivity contribution in [1.29, 1.82) is 0 Å². The molecule has 2 aromatic carbocycles. The number of phenolic OH excluding ortho intramolecular Hbond substituents is 1. The fourth-order valence-corrected chi connectivity index (χ4v) is 2.31. The summed E-state index contributed by atoms with van der Waals surface area (Å²) < 4.78 is 19.2. The Morgan fingerprint density at radius 1 is 1.19 bits per heavy atom. The zero-order valence-electron chi connectivity index (χ0n) is 12.3. The van der Waals surface area contributed by atoms with Gasteiger partial charge in [0.2, 0.25) is 0 Å². The molecule has 4 heteroatoms. The van der Waals surface area contributed by atoms with Gasteiger partial charge in [0.25, 0.3) is 0 Å². The fourth-order valence-electron chi connectivity index (χ4n) is 2.31. The average molecular weight is 289 g/mol. The molecule has 0 amide bonds. The van der Waals surface area contributed by atoms with Gasteiger partial charge in [-0.2, -0.15) is 0 Å². The number of rotatable bonds is 6. The number of hydrogen-bond donors (Lipinski definition) is 2. The first-order valence-electron chi connectivity index (χ1n) is 6.95. The molecule has 0 radical (unpaired) electrons. The maximum atomic E-state index is 13.9. The van der Waals surface area contributed by atoms with Gasteiger partial charge in [0.15, 0.2) is 0 Å². The van der Waals surface area contributed by atoms with E-state index in [0.717, 1.165) is 12.0 Å². The monoisotopic (exact) mass is 289 g/mol. The molecular formula is C17H20FNO2. The summed E-state index contributed by atoms with van der Waals surface area (Å²) in [7, 11) is 1.54. The van der Waals surface area contributed by atoms with Gasteiger partial charge >= 0.3 is 0 Å². The van der Waals surface area contributed by atoms with Gasteiger partial charge in [0.1, 0.15) is 17.3 Å². The highest BCUT2D eigenvalue weighted by Gasteiger charge is 2.15. The van der Waals surface area contributed by atoms with Crippen LogP contribution >= 0.6 is 0 Å². The minimum atomic E-state index is -0.265. The first-order valence-corrected chi connectivity index (χ1v) is 6.95. The predicted octanol–water partition coefficient (Wildman–Crippen LogP) is 3.43. The number of nitrogens with one attached hydrogen (secondary N) is 1. The van der Waals surface area contributed by atoms with E-state index < -0.39 is 0 Å². The van der Waals surface area contributed by atoms with Gasteiger partial charge in [-0.25, -0.2) is 4.39 Å². The first kappa shape index (κ1) is 15.3. The van der Waals surface area contributed by atoms with Gasteiger partial charge in [-0.1, -0.05) is 18.2 Å². The lowest BCUT2D eigenvalue weighted by molar-refractivity contribution is 0.394. The van der Waals surface area contributed by atoms with Crippen molar-refractivity contribution in [1.82, 2.24) is 5.32 Å². The largest absolute Gasteiger partial charge is 0.508 e. The summed E-state index contributed by atoms with van der Waals surface area (Å²) in [4.78, 5) is 0. The highest BCUT2D eigenvalue weighted by atomic mass is 19.1. The van der Waals surface area contributed by atoms with E-state index in [2.05, 4.69) is 5.32 Å². The van der Waals surface area contributed by atoms with Crippen LogP contribution in [0.25, 0.3) is 0 Å². The fraction of sp³-hybridized carbons (Fsp3) is 0.294. The molecule has 2 aromatic rings. The number of halogens is 1. The molecule has 0 aliphatic rings. The van der Waals surface area contributed by atoms with E-state index in [1.807, 2.05) is 19.1 Å². The minimum absolute atomic E-state index is 0.140. The average Bonchev–Trinajstić information content (AvgIpc) is 2.48. The van der Waals surface area contributed by atoms with Crippen LogP contribution < -0.4 is 10.1 Å². The summed E-state index contributed by atoms with van der Waals surface area (Å²) in [5.74, 6) is 0.551. The van der Waals surface area contributed by atoms with Crippen molar-refractivity contribution in [2.45, 2.75) is 19.4 Å². The van der Waals surface area contributed by atoms with Crippen LogP contribution in [0.2, 0.25) is 0 Å². The third-order valence-electron chi connectivity index (χ3n) is 3.47. The molecule has 0 saturated carbocycles. The van der Waals surface area contributed by atoms with Crippen molar-refractivity contribution >= 4 is 0 Å². The van der Waals surface area contributed by atoms with Crippen molar-refractivity contribution in [3.05, 3.63) is 59.4 Å². The van der Waals surface area contributed by atoms with Crippen LogP contribution in [0.1, 0.15) is 24.1 Å². The van der Waals surface area contributed by atoms with Crippen molar-refractivity contribution in [3.8, 4) is 11.5 Å². The van der Waals surface area contributed by atoms with Crippen LogP contribution in [-0.2, 0) is 6.42 Å². The van der Waals surface area contributed by atoms with E-state index in [4.69, 9.17) is 4.74 Å². The van der Waals surface area contributed by atoms with Crippen LogP contribution in [0.5, 0.6) is 11.5 Å². The second kappa shape index (κ2) is 7.09. The van der Waals surface area contributed by atoms with E-state index in [0.29, 0.717) is 17.9 Å². The lowest BCUT2D eigenvalue weighted by Crippen LogP contribution is -2.22. The van der Waals surface area contributed by atoms with Crippen LogP contribution in [0.4, 0.5) is 4.39 Å². The number of benzene rings is 2. The summed E-state index contributed by atoms with van der Waals surface area (Å²) >= 11 is 0. The topological polar surface area (TPSA) is 41.5 Å². The molecule has 3 nitrogen and oxygen atoms in total. The molecule has 0 aliphatic heterocycles. The summed E-state index contributed by atoms with van der Waals surface area (Å²) in [5.41, 5.74) is 1.67. The quantitative estimate of drug-likeness (QED) is 0.856. The molecule has 1 unspecified atom stereocenters. The maximum absolute atomic E-state index is 13.9. The second-order valence-corrected chi connectivity index (χ2v) is 4.95. The zero-order valence-corrected chi connectivity index (χ0v) is 12.3. The minimum Gasteiger partial charge on any atom is -0.508 e. The lowest BCUT2D eigenvalue weighted by Gasteiger charge is -2.18. The molecule has 0 aliphatic carbocycles. The molecule has 0 fully saturated rings. The third-order valence-corrected chi connectivity index (χ3v) is 3.47. The molecule has 21 heavy (non-hydrogen) atoms. The molecule has 0 aromatic heterocycles. The highest BCUT2D eigenvalue weighted by Crippen LogP contribution is 2.27. The van der Waals surface area contributed by atoms with Gasteiger partial charge in [0, 0.05) is 11.6 Å². The Hall–Kier alpha value is -2.07. The van der Waals surface area contributed by atoms with Crippen molar-refractivity contribution in [3.63, 3.8) is 0 Å². The lowest BCUT2D eigenvalue weighted by atomic mass is 10.1. The van der Waals surface area contributed by atoms with E-state index in [1.165, 1.54) is 6.07 Å². The highest BCUT2D eigenvalue weighted by molar-refractivity contribution is 5.37. The Balaban J connectivity index is 1.96. The number of ether oxygens (including phenoxy) is 1. The molecule has 2 N–H and O–H groups in total. The Morgan fingerprint density at radius 2 is 1.90 bits per heavy atom. The Kier molecular flexibility index (Phi) is 5.17. The van der Waals surface area contributed by atoms with Gasteiger partial charge in [0.05, 0.1) is 7.11 Å². The Labute approximate surface area is 124 Å². The first-order chi connectivity index (χ1) is 10.1. The number of methoxy groups -OCH3 is 1. The van der Waals surface area contributed by atoms with Crippen molar-refractivity contribution < 1.29 is 14.2 Å². The summed E-state index contributed by atoms with van der Waals surface area (Å²) in [6.07, 6.45) is 0.807. The molecule has 0 saturated heterocycles. The molecule has 0 heterocycles. The maximum Gasteiger partial charge on any atom is 0.131 e. The van der Waals surface area contributed by atoms with Gasteiger partial charge in [-0.3, -0.25) is 0 Å². The standard InChI is InChI=1S/C17H20FNO2/c1-12(17-15(18)4-3-5-16(17)21-2)19-11-10-13-6-8-14(20)9-7-13/h3-9,12,19-20H,10-11H2,1-2H3. The van der Waals surface area contributed by atoms with Crippen LogP contribution in [0, 0.1) is 5.82 Å². The smallest absolute Gasteiger partial charge is 0.131 e. The van der Waals surface area contributed by atoms with E-state index in [-0.39, 0.29) is 17.6 Å². The van der Waals surface area contributed by atoms with Crippen LogP contribution in [0.3, 0.4) is 0 Å². The van der Waals surface area contributed by atoms with E-state index in [1.54, 1.807) is 31.4 Å². The molecule has 112 valence electrons. The van der Waals surface area contributed by atoms with Gasteiger partial charge < -0.3 is 15.2 Å². The number of phenols is 1. The van der Waals surface area contributed by atoms with Gasteiger partial charge in [-0.05, 0) is 49.7 Å². The zero-order chi connectivity index (χ0) is 15.2. The van der Waals surface area contributed by atoms with Crippen LogP contribution in [-0.4, -0.2) is 18.8 Å². The van der Waals surface area contributed by atoms with Crippen LogP contribution in [0.15, 0.2) is 42.5 Å². The van der Waals surface area contributed by atoms with Crippen molar-refractivity contribution in [2.24, 2.45) is 0 Å². The predicted molar refractivity (Wildman–Crippen MR) is 81.2 cm³/mol. The third kappa shape index (κ3) is 3.95. The van der Waals surface area contributed by atoms with Gasteiger partial charge in [-0.15, -0.1) is 0 Å². The molecule has 2 rings (SSSR count). The summed E-state index contributed by atoms with van der Waals surface area (Å²) in [5, 5.41) is 12.5. The SMILES string of the molecule is COc1cccc(F)c1C(C)NCCc1ccc(O)cc1. The van der Waals surface area contributed by atoms with E-state index in [9.17, 15) is 9.50 Å². The molecule has 1 atom stereocenters.